The molecule has 0 saturated carbocycles. The molecule has 0 aromatic heterocycles. The summed E-state index contributed by atoms with van der Waals surface area (Å²) in [4.78, 5) is 126. The second-order valence-electron chi connectivity index (χ2n) is 16.6. The molecule has 2 radical (unpaired) electrons. The lowest BCUT2D eigenvalue weighted by molar-refractivity contribution is -0.582. The van der Waals surface area contributed by atoms with Crippen molar-refractivity contribution in [1.82, 2.24) is 14.7 Å². The zero-order chi connectivity index (χ0) is 43.8. The molecule has 0 aliphatic carbocycles. The highest BCUT2D eigenvalue weighted by Crippen LogP contribution is 2.30. The van der Waals surface area contributed by atoms with E-state index in [2.05, 4.69) is 4.99 Å². The van der Waals surface area contributed by atoms with Crippen LogP contribution in [-0.2, 0) is 38.4 Å². The van der Waals surface area contributed by atoms with E-state index in [0.29, 0.717) is 64.6 Å². The molecule has 2 amide bonds. The Morgan fingerprint density at radius 2 is 1.58 bits per heavy atom. The first-order valence-corrected chi connectivity index (χ1v) is 21.3. The van der Waals surface area contributed by atoms with Crippen LogP contribution in [0, 0.1) is 35.5 Å². The molecule has 3 heterocycles. The largest absolute Gasteiger partial charge is 0.481 e. The number of nitrogens with two attached hydrogens (primary N) is 2. The van der Waals surface area contributed by atoms with Crippen LogP contribution in [0.1, 0.15) is 118 Å². The summed E-state index contributed by atoms with van der Waals surface area (Å²) < 4.78 is 1.03. The molecule has 0 spiro atoms. The molecule has 3 aliphatic heterocycles. The highest BCUT2D eigenvalue weighted by atomic mass is 16.4. The minimum absolute atomic E-state index is 0.0586. The Morgan fingerprint density at radius 3 is 2.24 bits per heavy atom. The molecule has 3 fully saturated rings. The van der Waals surface area contributed by atoms with Crippen molar-refractivity contribution in [3.63, 3.8) is 0 Å². The maximum atomic E-state index is 14.0. The van der Waals surface area contributed by atoms with Crippen LogP contribution in [0.2, 0.25) is 0 Å². The number of guanidine groups is 1. The van der Waals surface area contributed by atoms with Crippen molar-refractivity contribution in [2.45, 2.75) is 142 Å². The Morgan fingerprint density at radius 1 is 0.881 bits per heavy atom. The molecule has 17 nitrogen and oxygen atoms in total. The van der Waals surface area contributed by atoms with Crippen molar-refractivity contribution >= 4 is 52.7 Å². The van der Waals surface area contributed by atoms with Crippen molar-refractivity contribution in [3.05, 3.63) is 17.7 Å². The molecule has 59 heavy (non-hydrogen) atoms. The SMILES string of the molecule is CCC(C)[N+](=O)CCN1CCCC1C(=O)CC(CCCN=C(N)N)C(=O)C[CH]C(=O)CC(CCC(=O)O)C(=O)N1CC(C)CC1C(=O)C[CH]C(=O)N1CCCC1C(C)=O. The molecule has 7 atom stereocenters. The predicted molar refractivity (Wildman–Crippen MR) is 218 cm³/mol. The van der Waals surface area contributed by atoms with Crippen LogP contribution in [0.5, 0.6) is 0 Å². The first-order chi connectivity index (χ1) is 27.9. The van der Waals surface area contributed by atoms with Crippen LogP contribution >= 0.6 is 0 Å². The number of carboxylic acids is 1. The van der Waals surface area contributed by atoms with Gasteiger partial charge in [-0.2, -0.15) is 0 Å². The molecule has 0 bridgehead atoms. The maximum Gasteiger partial charge on any atom is 0.303 e. The molecule has 328 valence electrons. The Labute approximate surface area is 348 Å². The van der Waals surface area contributed by atoms with Gasteiger partial charge in [-0.05, 0) is 70.8 Å². The number of Topliss-reactive ketones (excluding diaryl/α,β-unsaturated/α-hetero) is 5. The monoisotopic (exact) mass is 828 g/mol. The van der Waals surface area contributed by atoms with Crippen molar-refractivity contribution in [2.75, 3.05) is 39.3 Å². The van der Waals surface area contributed by atoms with Crippen LogP contribution in [0.15, 0.2) is 4.99 Å². The number of nitrogens with zero attached hydrogens (tertiary/aromatic N) is 5. The van der Waals surface area contributed by atoms with Gasteiger partial charge in [0.05, 0.1) is 31.1 Å². The normalized spacial score (nSPS) is 22.1. The molecule has 0 aromatic rings. The quantitative estimate of drug-likeness (QED) is 0.0466. The van der Waals surface area contributed by atoms with Crippen molar-refractivity contribution in [2.24, 2.45) is 34.2 Å². The highest BCUT2D eigenvalue weighted by molar-refractivity contribution is 6.00. The van der Waals surface area contributed by atoms with Gasteiger partial charge in [-0.15, -0.1) is 0 Å². The minimum atomic E-state index is -1.16. The Kier molecular flexibility index (Phi) is 19.9. The highest BCUT2D eigenvalue weighted by Gasteiger charge is 2.41. The summed E-state index contributed by atoms with van der Waals surface area (Å²) >= 11 is 0. The summed E-state index contributed by atoms with van der Waals surface area (Å²) in [6.07, 6.45) is 5.27. The van der Waals surface area contributed by atoms with E-state index < -0.39 is 59.9 Å². The van der Waals surface area contributed by atoms with Gasteiger partial charge in [0.1, 0.15) is 11.6 Å². The van der Waals surface area contributed by atoms with Gasteiger partial charge < -0.3 is 26.4 Å². The van der Waals surface area contributed by atoms with Gasteiger partial charge in [-0.1, -0.05) is 13.8 Å². The number of rotatable bonds is 27. The van der Waals surface area contributed by atoms with Gasteiger partial charge in [0.2, 0.25) is 18.4 Å². The molecule has 0 aromatic carbocycles. The lowest BCUT2D eigenvalue weighted by atomic mass is 9.87. The smallest absolute Gasteiger partial charge is 0.303 e. The number of carboxylic acid groups (broad SMARTS) is 1. The van der Waals surface area contributed by atoms with Gasteiger partial charge in [0.25, 0.3) is 0 Å². The van der Waals surface area contributed by atoms with Crippen LogP contribution in [-0.4, -0.2) is 141 Å². The summed E-state index contributed by atoms with van der Waals surface area (Å²) in [5.74, 6) is -5.59. The molecule has 5 N–H and O–H groups in total. The summed E-state index contributed by atoms with van der Waals surface area (Å²) in [6, 6.07) is -1.95. The topological polar surface area (TPSA) is 251 Å². The van der Waals surface area contributed by atoms with Crippen molar-refractivity contribution in [1.29, 1.82) is 0 Å². The van der Waals surface area contributed by atoms with E-state index in [0.717, 1.165) is 11.2 Å². The number of aliphatic carboxylic acids is 1. The third-order valence-electron chi connectivity index (χ3n) is 12.0. The Hall–Kier alpha value is -4.41. The summed E-state index contributed by atoms with van der Waals surface area (Å²) in [5.41, 5.74) is 10.9. The van der Waals surface area contributed by atoms with E-state index in [1.807, 2.05) is 25.7 Å². The third kappa shape index (κ3) is 15.3. The van der Waals surface area contributed by atoms with Crippen molar-refractivity contribution < 1.29 is 48.2 Å². The Bertz CT molecular complexity index is 1580. The predicted octanol–water partition coefficient (Wildman–Crippen LogP) is 2.24. The number of hydrogen-bond acceptors (Lipinski definition) is 11. The number of ketones is 5. The summed E-state index contributed by atoms with van der Waals surface area (Å²) in [5, 5.41) is 9.45. The number of carbonyl (C=O) groups excluding carboxylic acids is 7. The maximum absolute atomic E-state index is 14.0. The molecule has 3 aliphatic rings. The number of hydrogen-bond donors (Lipinski definition) is 3. The fraction of sp³-hybridized carbons (Fsp3) is 0.738. The van der Waals surface area contributed by atoms with Gasteiger partial charge in [0, 0.05) is 93.0 Å². The zero-order valence-corrected chi connectivity index (χ0v) is 35.4. The lowest BCUT2D eigenvalue weighted by Gasteiger charge is -2.28. The lowest BCUT2D eigenvalue weighted by Crippen LogP contribution is -2.45. The van der Waals surface area contributed by atoms with Gasteiger partial charge in [0.15, 0.2) is 29.4 Å². The van der Waals surface area contributed by atoms with E-state index in [4.69, 9.17) is 11.5 Å². The number of likely N-dealkylation sites (tertiary alicyclic amines) is 3. The van der Waals surface area contributed by atoms with Crippen molar-refractivity contribution in [3.8, 4) is 0 Å². The molecule has 3 saturated heterocycles. The average Bonchev–Trinajstić information content (AvgIpc) is 3.97. The zero-order valence-electron chi connectivity index (χ0n) is 35.4. The van der Waals surface area contributed by atoms with Crippen LogP contribution in [0.25, 0.3) is 0 Å². The van der Waals surface area contributed by atoms with E-state index in [-0.39, 0.29) is 92.8 Å². The van der Waals surface area contributed by atoms with E-state index in [9.17, 15) is 48.4 Å². The number of aliphatic imine (C=N–C) groups is 1. The number of carbonyl (C=O) groups is 8. The number of amides is 2. The molecular weight excluding hydrogens is 763 g/mol. The van der Waals surface area contributed by atoms with Crippen LogP contribution < -0.4 is 11.5 Å². The van der Waals surface area contributed by atoms with E-state index in [1.54, 1.807) is 0 Å². The van der Waals surface area contributed by atoms with E-state index >= 15 is 0 Å². The second-order valence-corrected chi connectivity index (χ2v) is 16.6. The molecular formula is C42H66N7O10+. The average molecular weight is 829 g/mol. The molecule has 3 rings (SSSR count). The minimum Gasteiger partial charge on any atom is -0.481 e. The fourth-order valence-electron chi connectivity index (χ4n) is 8.45. The first kappa shape index (κ1) is 49.0. The molecule has 7 unspecified atom stereocenters. The van der Waals surface area contributed by atoms with Gasteiger partial charge in [-0.25, -0.2) is 0 Å². The second kappa shape index (κ2) is 24.0. The summed E-state index contributed by atoms with van der Waals surface area (Å²) in [6.45, 7) is 9.34. The standard InChI is InChI=1S/C42H65N7O10/c1-5-28(3)49(59)22-21-46-19-7-11-34(46)38(54)25-30(9-6-18-45-42(43)44)36(52)14-13-32(51)24-31(12-17-40(56)57)41(58)48-26-27(2)23-35(48)37(53)15-16-39(55)47-20-8-10-33(47)29(4)50/h13,16,27-28,30-31,33-35H,5-12,14-15,17-26H2,1-4H3,(H4-,43,44,45,56,57)/p+1. The van der Waals surface area contributed by atoms with Crippen LogP contribution in [0.4, 0.5) is 0 Å². The number of nitroso groups, excluding NO2 is 1. The Balaban J connectivity index is 1.65. The van der Waals surface area contributed by atoms with Gasteiger partial charge in [-0.3, -0.25) is 48.2 Å². The fourth-order valence-corrected chi connectivity index (χ4v) is 8.45. The summed E-state index contributed by atoms with van der Waals surface area (Å²) in [7, 11) is 0. The molecule has 17 heteroatoms. The van der Waals surface area contributed by atoms with Crippen LogP contribution in [0.3, 0.4) is 0 Å². The van der Waals surface area contributed by atoms with Gasteiger partial charge >= 0.3 is 5.97 Å². The third-order valence-corrected chi connectivity index (χ3v) is 12.0. The first-order valence-electron chi connectivity index (χ1n) is 21.3. The van der Waals surface area contributed by atoms with E-state index in [1.165, 1.54) is 29.6 Å².